The fraction of sp³-hybridized carbons (Fsp3) is 0.545. The molecular weight excluding hydrogens is 386 g/mol. The molecule has 2 atom stereocenters. The van der Waals surface area contributed by atoms with Gasteiger partial charge in [-0.15, -0.1) is 0 Å². The second kappa shape index (κ2) is 9.73. The summed E-state index contributed by atoms with van der Waals surface area (Å²) < 4.78 is 5.22. The van der Waals surface area contributed by atoms with Crippen molar-refractivity contribution in [1.82, 2.24) is 9.80 Å². The molecule has 1 saturated carbocycles. The molecule has 1 heterocycles. The number of para-hydroxylation sites is 2. The summed E-state index contributed by atoms with van der Waals surface area (Å²) >= 11 is 0. The van der Waals surface area contributed by atoms with Gasteiger partial charge in [0.25, 0.3) is 0 Å². The van der Waals surface area contributed by atoms with Gasteiger partial charge in [0.1, 0.15) is 5.75 Å². The van der Waals surface area contributed by atoms with Gasteiger partial charge in [-0.1, -0.05) is 25.0 Å². The van der Waals surface area contributed by atoms with Crippen LogP contribution in [0.4, 0.5) is 5.69 Å². The quantitative estimate of drug-likeness (QED) is 0.656. The standard InChI is InChI=1S/C22H29N3O5/c1-3-24(14-19(26)23-17-10-6-7-11-18(17)30-2)20(27)12-13-25-21(28)15-8-4-5-9-16(15)22(25)29/h6-7,10-11,15-16H,3-5,8-9,12-14H2,1-2H3,(H,23,26)/t15-,16-/m0/s1. The minimum absolute atomic E-state index is 0.0205. The van der Waals surface area contributed by atoms with E-state index < -0.39 is 0 Å². The van der Waals surface area contributed by atoms with E-state index in [1.165, 1.54) is 16.9 Å². The highest BCUT2D eigenvalue weighted by molar-refractivity contribution is 6.05. The van der Waals surface area contributed by atoms with Crippen molar-refractivity contribution in [1.29, 1.82) is 0 Å². The average Bonchev–Trinajstić information content (AvgIpc) is 3.00. The van der Waals surface area contributed by atoms with Gasteiger partial charge in [0, 0.05) is 19.5 Å². The zero-order chi connectivity index (χ0) is 21.7. The second-order valence-electron chi connectivity index (χ2n) is 7.73. The molecule has 1 aliphatic carbocycles. The van der Waals surface area contributed by atoms with Crippen molar-refractivity contribution >= 4 is 29.3 Å². The summed E-state index contributed by atoms with van der Waals surface area (Å²) in [4.78, 5) is 52.8. The van der Waals surface area contributed by atoms with E-state index in [0.29, 0.717) is 18.0 Å². The lowest BCUT2D eigenvalue weighted by atomic mass is 9.81. The van der Waals surface area contributed by atoms with E-state index in [2.05, 4.69) is 5.32 Å². The van der Waals surface area contributed by atoms with Crippen LogP contribution in [0.2, 0.25) is 0 Å². The Morgan fingerprint density at radius 1 is 1.13 bits per heavy atom. The molecule has 2 aliphatic rings. The first-order valence-electron chi connectivity index (χ1n) is 10.5. The molecule has 30 heavy (non-hydrogen) atoms. The molecule has 162 valence electrons. The maximum Gasteiger partial charge on any atom is 0.244 e. The lowest BCUT2D eigenvalue weighted by Gasteiger charge is -2.22. The van der Waals surface area contributed by atoms with Crippen LogP contribution < -0.4 is 10.1 Å². The van der Waals surface area contributed by atoms with E-state index >= 15 is 0 Å². The van der Waals surface area contributed by atoms with E-state index in [0.717, 1.165) is 25.7 Å². The molecule has 0 bridgehead atoms. The molecule has 2 fully saturated rings. The highest BCUT2D eigenvalue weighted by Crippen LogP contribution is 2.38. The molecule has 8 nitrogen and oxygen atoms in total. The predicted octanol–water partition coefficient (Wildman–Crippen LogP) is 2.05. The van der Waals surface area contributed by atoms with Crippen molar-refractivity contribution in [3.8, 4) is 5.75 Å². The summed E-state index contributed by atoms with van der Waals surface area (Å²) in [5, 5.41) is 2.75. The zero-order valence-corrected chi connectivity index (χ0v) is 17.6. The number of nitrogens with one attached hydrogen (secondary N) is 1. The molecule has 1 aliphatic heterocycles. The highest BCUT2D eigenvalue weighted by Gasteiger charge is 2.47. The second-order valence-corrected chi connectivity index (χ2v) is 7.73. The molecule has 0 aromatic heterocycles. The van der Waals surface area contributed by atoms with Crippen LogP contribution in [0.25, 0.3) is 0 Å². The van der Waals surface area contributed by atoms with Crippen molar-refractivity contribution in [2.75, 3.05) is 32.1 Å². The number of carbonyl (C=O) groups is 4. The number of carbonyl (C=O) groups excluding carboxylic acids is 4. The summed E-state index contributed by atoms with van der Waals surface area (Å²) in [6.07, 6.45) is 3.47. The van der Waals surface area contributed by atoms with E-state index in [1.807, 2.05) is 0 Å². The summed E-state index contributed by atoms with van der Waals surface area (Å²) in [6.45, 7) is 2.11. The monoisotopic (exact) mass is 415 g/mol. The maximum absolute atomic E-state index is 12.6. The van der Waals surface area contributed by atoms with Gasteiger partial charge in [-0.3, -0.25) is 24.1 Å². The number of rotatable bonds is 8. The van der Waals surface area contributed by atoms with Gasteiger partial charge in [0.2, 0.25) is 23.6 Å². The zero-order valence-electron chi connectivity index (χ0n) is 17.6. The van der Waals surface area contributed by atoms with Crippen molar-refractivity contribution < 1.29 is 23.9 Å². The Balaban J connectivity index is 1.54. The summed E-state index contributed by atoms with van der Waals surface area (Å²) in [6, 6.07) is 7.04. The third kappa shape index (κ3) is 4.63. The van der Waals surface area contributed by atoms with Crippen LogP contribution in [-0.2, 0) is 19.2 Å². The Hall–Kier alpha value is -2.90. The number of benzene rings is 1. The van der Waals surface area contributed by atoms with Crippen LogP contribution in [0.15, 0.2) is 24.3 Å². The maximum atomic E-state index is 12.6. The number of imide groups is 1. The van der Waals surface area contributed by atoms with E-state index in [9.17, 15) is 19.2 Å². The van der Waals surface area contributed by atoms with E-state index in [4.69, 9.17) is 4.74 Å². The molecule has 1 aromatic rings. The van der Waals surface area contributed by atoms with Crippen molar-refractivity contribution in [3.63, 3.8) is 0 Å². The summed E-state index contributed by atoms with van der Waals surface area (Å²) in [5.41, 5.74) is 0.532. The van der Waals surface area contributed by atoms with E-state index in [1.54, 1.807) is 31.2 Å². The number of likely N-dealkylation sites (N-methyl/N-ethyl adjacent to an activating group) is 1. The Morgan fingerprint density at radius 3 is 2.37 bits per heavy atom. The van der Waals surface area contributed by atoms with Crippen LogP contribution in [0.1, 0.15) is 39.0 Å². The number of fused-ring (bicyclic) bond motifs is 1. The molecule has 1 aromatic carbocycles. The van der Waals surface area contributed by atoms with Gasteiger partial charge in [-0.25, -0.2) is 0 Å². The van der Waals surface area contributed by atoms with Crippen molar-refractivity contribution in [2.45, 2.75) is 39.0 Å². The smallest absolute Gasteiger partial charge is 0.244 e. The van der Waals surface area contributed by atoms with Gasteiger partial charge in [-0.2, -0.15) is 0 Å². The average molecular weight is 415 g/mol. The fourth-order valence-corrected chi connectivity index (χ4v) is 4.30. The number of amides is 4. The Bertz CT molecular complexity index is 801. The molecule has 0 radical (unpaired) electrons. The third-order valence-electron chi connectivity index (χ3n) is 5.93. The first-order chi connectivity index (χ1) is 14.5. The number of nitrogens with zero attached hydrogens (tertiary/aromatic N) is 2. The number of ether oxygens (including phenoxy) is 1. The minimum Gasteiger partial charge on any atom is -0.495 e. The van der Waals surface area contributed by atoms with Crippen LogP contribution in [0, 0.1) is 11.8 Å². The number of hydrogen-bond donors (Lipinski definition) is 1. The topological polar surface area (TPSA) is 96.0 Å². The number of likely N-dealkylation sites (tertiary alicyclic amines) is 1. The molecule has 1 N–H and O–H groups in total. The minimum atomic E-state index is -0.339. The number of anilines is 1. The molecule has 1 saturated heterocycles. The molecule has 4 amide bonds. The molecule has 0 spiro atoms. The first-order valence-corrected chi connectivity index (χ1v) is 10.5. The molecule has 0 unspecified atom stereocenters. The largest absolute Gasteiger partial charge is 0.495 e. The first kappa shape index (κ1) is 21.8. The molecule has 8 heteroatoms. The lowest BCUT2D eigenvalue weighted by molar-refractivity contribution is -0.141. The van der Waals surface area contributed by atoms with Crippen LogP contribution in [0.3, 0.4) is 0 Å². The van der Waals surface area contributed by atoms with Crippen LogP contribution >= 0.6 is 0 Å². The lowest BCUT2D eigenvalue weighted by Crippen LogP contribution is -2.40. The van der Waals surface area contributed by atoms with Gasteiger partial charge in [-0.05, 0) is 31.9 Å². The van der Waals surface area contributed by atoms with Gasteiger partial charge in [0.15, 0.2) is 0 Å². The Kier molecular flexibility index (Phi) is 7.07. The number of methoxy groups -OCH3 is 1. The normalized spacial score (nSPS) is 20.7. The van der Waals surface area contributed by atoms with Crippen LogP contribution in [-0.4, -0.2) is 60.2 Å². The number of hydrogen-bond acceptors (Lipinski definition) is 5. The third-order valence-corrected chi connectivity index (χ3v) is 5.93. The molecular formula is C22H29N3O5. The predicted molar refractivity (Wildman–Crippen MR) is 111 cm³/mol. The fourth-order valence-electron chi connectivity index (χ4n) is 4.30. The Morgan fingerprint density at radius 2 is 1.77 bits per heavy atom. The van der Waals surface area contributed by atoms with E-state index in [-0.39, 0.29) is 55.0 Å². The van der Waals surface area contributed by atoms with Gasteiger partial charge >= 0.3 is 0 Å². The highest BCUT2D eigenvalue weighted by atomic mass is 16.5. The van der Waals surface area contributed by atoms with Gasteiger partial charge < -0.3 is 15.0 Å². The summed E-state index contributed by atoms with van der Waals surface area (Å²) in [7, 11) is 1.52. The van der Waals surface area contributed by atoms with Crippen LogP contribution in [0.5, 0.6) is 5.75 Å². The summed E-state index contributed by atoms with van der Waals surface area (Å²) in [5.74, 6) is -0.778. The van der Waals surface area contributed by atoms with Gasteiger partial charge in [0.05, 0.1) is 31.2 Å². The molecule has 3 rings (SSSR count). The Labute approximate surface area is 176 Å². The SMILES string of the molecule is CCN(CC(=O)Nc1ccccc1OC)C(=O)CCN1C(=O)[C@H]2CCCC[C@@H]2C1=O. The van der Waals surface area contributed by atoms with Crippen molar-refractivity contribution in [3.05, 3.63) is 24.3 Å². The van der Waals surface area contributed by atoms with Crippen molar-refractivity contribution in [2.24, 2.45) is 11.8 Å².